The highest BCUT2D eigenvalue weighted by Gasteiger charge is 2.30. The van der Waals surface area contributed by atoms with Crippen LogP contribution in [-0.2, 0) is 34.4 Å². The maximum absolute atomic E-state index is 13.6. The molecule has 0 radical (unpaired) electrons. The fourth-order valence-electron chi connectivity index (χ4n) is 5.72. The quantitative estimate of drug-likeness (QED) is 0.227. The van der Waals surface area contributed by atoms with Crippen LogP contribution in [-0.4, -0.2) is 102 Å². The number of aliphatic hydroxyl groups is 2. The molecule has 3 aromatic rings. The summed E-state index contributed by atoms with van der Waals surface area (Å²) in [5.74, 6) is 3.01. The van der Waals surface area contributed by atoms with Crippen LogP contribution in [0.4, 0.5) is 27.7 Å². The lowest BCUT2D eigenvalue weighted by molar-refractivity contribution is 0.248. The van der Waals surface area contributed by atoms with Gasteiger partial charge in [0.15, 0.2) is 0 Å². The zero-order valence-corrected chi connectivity index (χ0v) is 30.0. The average molecular weight is 723 g/mol. The van der Waals surface area contributed by atoms with Gasteiger partial charge in [-0.1, -0.05) is 33.8 Å². The number of anilines is 4. The number of rotatable bonds is 10. The van der Waals surface area contributed by atoms with Gasteiger partial charge in [0.1, 0.15) is 27.2 Å². The summed E-state index contributed by atoms with van der Waals surface area (Å²) >= 11 is 5.86. The summed E-state index contributed by atoms with van der Waals surface area (Å²) < 4.78 is 38.0. The van der Waals surface area contributed by atoms with Gasteiger partial charge in [-0.15, -0.1) is 0 Å². The zero-order chi connectivity index (χ0) is 34.5. The summed E-state index contributed by atoms with van der Waals surface area (Å²) in [6.45, 7) is 10.9. The number of hydrogen-bond donors (Lipinski definition) is 4. The molecular weight excluding hydrogens is 679 g/mol. The summed E-state index contributed by atoms with van der Waals surface area (Å²) in [7, 11) is -2.20. The fraction of sp³-hybridized carbons (Fsp3) is 0.562. The van der Waals surface area contributed by atoms with E-state index in [1.807, 2.05) is 33.8 Å². The summed E-state index contributed by atoms with van der Waals surface area (Å²) in [5.41, 5.74) is 2.45. The Morgan fingerprint density at radius 1 is 0.812 bits per heavy atom. The van der Waals surface area contributed by atoms with Crippen LogP contribution in [0, 0.1) is 17.7 Å². The van der Waals surface area contributed by atoms with Crippen molar-refractivity contribution in [1.82, 2.24) is 19.9 Å². The highest BCUT2D eigenvalue weighted by atomic mass is 35.5. The molecule has 4 N–H and O–H groups in total. The van der Waals surface area contributed by atoms with E-state index in [9.17, 15) is 23.0 Å². The van der Waals surface area contributed by atoms with Crippen LogP contribution in [0.25, 0.3) is 0 Å². The summed E-state index contributed by atoms with van der Waals surface area (Å²) in [4.78, 5) is 23.2. The molecule has 5 heterocycles. The first-order chi connectivity index (χ1) is 23.0. The number of aliphatic hydroxyl groups excluding tert-OH is 2. The number of benzene rings is 1. The number of nitrogens with one attached hydrogen (secondary N) is 2. The van der Waals surface area contributed by atoms with Crippen LogP contribution < -0.4 is 20.4 Å². The van der Waals surface area contributed by atoms with Crippen molar-refractivity contribution in [3.05, 3.63) is 46.8 Å². The van der Waals surface area contributed by atoms with E-state index in [0.29, 0.717) is 64.8 Å². The predicted octanol–water partition coefficient (Wildman–Crippen LogP) is 3.26. The summed E-state index contributed by atoms with van der Waals surface area (Å²) in [6, 6.07) is 6.35. The molecule has 16 heteroatoms. The molecule has 0 spiro atoms. The van der Waals surface area contributed by atoms with Crippen LogP contribution >= 0.6 is 11.6 Å². The van der Waals surface area contributed by atoms with E-state index in [-0.39, 0.29) is 48.2 Å². The second-order valence-electron chi connectivity index (χ2n) is 12.7. The Bertz CT molecular complexity index is 1640. The lowest BCUT2D eigenvalue weighted by atomic mass is 10.1. The van der Waals surface area contributed by atoms with Crippen LogP contribution in [0.5, 0.6) is 0 Å². The van der Waals surface area contributed by atoms with Gasteiger partial charge >= 0.3 is 0 Å². The largest absolute Gasteiger partial charge is 0.394 e. The van der Waals surface area contributed by atoms with Gasteiger partial charge in [0, 0.05) is 56.2 Å². The maximum atomic E-state index is 13.6. The molecule has 4 atom stereocenters. The van der Waals surface area contributed by atoms with E-state index in [2.05, 4.69) is 30.4 Å². The van der Waals surface area contributed by atoms with Gasteiger partial charge in [-0.25, -0.2) is 14.4 Å². The third-order valence-electron chi connectivity index (χ3n) is 8.72. The molecule has 3 aliphatic rings. The zero-order valence-electron chi connectivity index (χ0n) is 27.7. The van der Waals surface area contributed by atoms with E-state index in [1.165, 1.54) is 6.07 Å². The molecule has 1 saturated heterocycles. The van der Waals surface area contributed by atoms with Crippen molar-refractivity contribution in [1.29, 1.82) is 0 Å². The normalized spacial score (nSPS) is 19.9. The molecule has 4 unspecified atom stereocenters. The van der Waals surface area contributed by atoms with Crippen molar-refractivity contribution in [2.45, 2.75) is 62.4 Å². The van der Waals surface area contributed by atoms with Gasteiger partial charge in [-0.3, -0.25) is 8.42 Å². The molecule has 1 fully saturated rings. The minimum Gasteiger partial charge on any atom is -0.394 e. The van der Waals surface area contributed by atoms with E-state index >= 15 is 0 Å². The van der Waals surface area contributed by atoms with Gasteiger partial charge in [-0.2, -0.15) is 9.97 Å². The smallest absolute Gasteiger partial charge is 0.227 e. The van der Waals surface area contributed by atoms with E-state index in [1.54, 1.807) is 12.1 Å². The molecule has 2 aromatic heterocycles. The molecule has 0 bridgehead atoms. The number of aryl methyl sites for hydroxylation is 2. The number of fused-ring (bicyclic) bond motifs is 2. The summed E-state index contributed by atoms with van der Waals surface area (Å²) in [6.07, 6.45) is 1.32. The minimum atomic E-state index is -1.12. The number of nitrogens with zero attached hydrogens (tertiary/aromatic N) is 6. The second-order valence-corrected chi connectivity index (χ2v) is 16.0. The Hall–Kier alpha value is -2.98. The predicted molar refractivity (Wildman–Crippen MR) is 189 cm³/mol. The van der Waals surface area contributed by atoms with E-state index in [0.717, 1.165) is 30.2 Å². The highest BCUT2D eigenvalue weighted by Crippen LogP contribution is 2.32. The van der Waals surface area contributed by atoms with Crippen LogP contribution in [0.1, 0.15) is 39.1 Å². The number of piperazine rings is 1. The molecule has 6 rings (SSSR count). The lowest BCUT2D eigenvalue weighted by Gasteiger charge is -2.36. The van der Waals surface area contributed by atoms with Crippen molar-refractivity contribution < 1.29 is 23.0 Å². The van der Waals surface area contributed by atoms with Gasteiger partial charge in [0.2, 0.25) is 11.2 Å². The molecule has 12 nitrogen and oxygen atoms in total. The van der Waals surface area contributed by atoms with Crippen molar-refractivity contribution in [3.8, 4) is 0 Å². The van der Waals surface area contributed by atoms with Crippen molar-refractivity contribution in [3.63, 3.8) is 0 Å². The maximum Gasteiger partial charge on any atom is 0.227 e. The van der Waals surface area contributed by atoms with Crippen LogP contribution in [0.15, 0.2) is 34.1 Å². The first kappa shape index (κ1) is 36.3. The van der Waals surface area contributed by atoms with E-state index < -0.39 is 21.6 Å². The van der Waals surface area contributed by atoms with Gasteiger partial charge in [-0.05, 0) is 41.6 Å². The van der Waals surface area contributed by atoms with Gasteiger partial charge in [0.05, 0.1) is 58.3 Å². The third-order valence-corrected chi connectivity index (χ3v) is 11.8. The molecule has 0 amide bonds. The average Bonchev–Trinajstić information content (AvgIpc) is 3.63. The fourth-order valence-corrected chi connectivity index (χ4v) is 8.54. The first-order valence-electron chi connectivity index (χ1n) is 16.2. The summed E-state index contributed by atoms with van der Waals surface area (Å²) in [5, 5.41) is 25.6. The molecule has 262 valence electrons. The van der Waals surface area contributed by atoms with E-state index in [4.69, 9.17) is 21.6 Å². The van der Waals surface area contributed by atoms with Crippen molar-refractivity contribution in [2.75, 3.05) is 71.3 Å². The molecule has 48 heavy (non-hydrogen) atoms. The Morgan fingerprint density at radius 2 is 1.33 bits per heavy atom. The Kier molecular flexibility index (Phi) is 12.2. The number of halogens is 2. The Morgan fingerprint density at radius 3 is 1.85 bits per heavy atom. The number of hydrogen-bond acceptors (Lipinski definition) is 12. The highest BCUT2D eigenvalue weighted by molar-refractivity contribution is 7.85. The topological polar surface area (TPSA) is 157 Å². The van der Waals surface area contributed by atoms with Crippen molar-refractivity contribution >= 4 is 56.5 Å². The molecular formula is C32H44ClFN8O4S2. The standard InChI is InChI=1S/C21H28FN5O2S.C11H16ClN3O2S/c1-14(2)18(13-28)23-20-19-17(6-11-30(19)29)24-21(25-20)27-9-7-26(8-10-27)16-5-3-4-15(22)12-16;1-6(2)8(5-16)13-10-9-7(3-4-18(9)17)14-11(12)15-10/h3-5,12,14,18,28H,6-11,13H2,1-2H3,(H,23,24,25);6,8,16H,3-5H2,1-2H3,(H,13,14,15). The van der Waals surface area contributed by atoms with Crippen LogP contribution in [0.2, 0.25) is 5.28 Å². The van der Waals surface area contributed by atoms with Crippen LogP contribution in [0.3, 0.4) is 0 Å². The minimum absolute atomic E-state index is 0.0132. The number of aromatic nitrogens is 4. The SMILES string of the molecule is CC(C)C(CO)Nc1nc(Cl)nc2c1S(=O)CC2.CC(C)C(CO)Nc1nc(N2CCN(c3cccc(F)c3)CC2)nc2c1S(=O)CC2. The molecule has 3 aliphatic heterocycles. The van der Waals surface area contributed by atoms with Gasteiger partial charge < -0.3 is 30.6 Å². The lowest BCUT2D eigenvalue weighted by Crippen LogP contribution is -2.47. The monoisotopic (exact) mass is 722 g/mol. The second kappa shape index (κ2) is 16.2. The Labute approximate surface area is 290 Å². The van der Waals surface area contributed by atoms with Gasteiger partial charge in [0.25, 0.3) is 0 Å². The molecule has 0 saturated carbocycles. The Balaban J connectivity index is 0.000000214. The van der Waals surface area contributed by atoms with Crippen molar-refractivity contribution in [2.24, 2.45) is 11.8 Å². The molecule has 0 aliphatic carbocycles. The molecule has 1 aromatic carbocycles. The third kappa shape index (κ3) is 8.41. The first-order valence-corrected chi connectivity index (χ1v) is 19.2.